The number of rotatable bonds is 3. The first-order valence-corrected chi connectivity index (χ1v) is 9.75. The number of terminal acetylenes is 1. The first-order chi connectivity index (χ1) is 8.52. The van der Waals surface area contributed by atoms with Crippen molar-refractivity contribution in [2.75, 3.05) is 0 Å². The summed E-state index contributed by atoms with van der Waals surface area (Å²) in [6, 6.07) is 7.96. The van der Waals surface area contributed by atoms with Gasteiger partial charge in [-0.05, 0) is 12.1 Å². The first kappa shape index (κ1) is 12.8. The van der Waals surface area contributed by atoms with E-state index in [1.165, 1.54) is 0 Å². The molecular weight excluding hydrogens is 236 g/mol. The van der Waals surface area contributed by atoms with E-state index in [2.05, 4.69) is 30.5 Å². The molecule has 0 radical (unpaired) electrons. The minimum Gasteiger partial charge on any atom is -0.253 e. The summed E-state index contributed by atoms with van der Waals surface area (Å²) < 4.78 is 0. The molecular formula is C15H18N2Si. The summed E-state index contributed by atoms with van der Waals surface area (Å²) in [5, 5.41) is 0. The lowest BCUT2D eigenvalue weighted by molar-refractivity contribution is 0.879. The molecule has 3 heteroatoms. The van der Waals surface area contributed by atoms with E-state index in [-0.39, 0.29) is 0 Å². The molecule has 2 aromatic rings. The summed E-state index contributed by atoms with van der Waals surface area (Å²) in [6.07, 6.45) is 8.14. The van der Waals surface area contributed by atoms with E-state index >= 15 is 0 Å². The van der Waals surface area contributed by atoms with E-state index in [0.29, 0.717) is 5.54 Å². The smallest absolute Gasteiger partial charge is 0.0890 e. The van der Waals surface area contributed by atoms with Gasteiger partial charge in [-0.1, -0.05) is 31.8 Å². The SMILES string of the molecule is C#CCC(c1cnc2ccccc2n1)[Si](C)(C)C. The molecule has 1 atom stereocenters. The largest absolute Gasteiger partial charge is 0.253 e. The zero-order valence-electron chi connectivity index (χ0n) is 11.1. The van der Waals surface area contributed by atoms with Gasteiger partial charge in [0, 0.05) is 18.2 Å². The molecule has 0 aliphatic heterocycles. The highest BCUT2D eigenvalue weighted by Gasteiger charge is 2.28. The van der Waals surface area contributed by atoms with Crippen LogP contribution in [0.3, 0.4) is 0 Å². The van der Waals surface area contributed by atoms with E-state index in [4.69, 9.17) is 11.4 Å². The standard InChI is InChI=1S/C15H18N2Si/c1-5-8-15(18(2,3)4)14-11-16-12-9-6-7-10-13(12)17-14/h1,6-7,9-11,15H,8H2,2-4H3. The fraction of sp³-hybridized carbons (Fsp3) is 0.333. The van der Waals surface area contributed by atoms with Gasteiger partial charge < -0.3 is 0 Å². The van der Waals surface area contributed by atoms with Crippen molar-refractivity contribution in [3.8, 4) is 12.3 Å². The first-order valence-electron chi connectivity index (χ1n) is 6.17. The van der Waals surface area contributed by atoms with Crippen LogP contribution in [0.1, 0.15) is 17.7 Å². The lowest BCUT2D eigenvalue weighted by atomic mass is 10.2. The van der Waals surface area contributed by atoms with Crippen LogP contribution in [0.5, 0.6) is 0 Å². The Balaban J connectivity index is 2.48. The maximum atomic E-state index is 5.50. The van der Waals surface area contributed by atoms with Crippen LogP contribution in [0.25, 0.3) is 11.0 Å². The van der Waals surface area contributed by atoms with Crippen LogP contribution in [0, 0.1) is 12.3 Å². The molecule has 0 N–H and O–H groups in total. The van der Waals surface area contributed by atoms with Gasteiger partial charge in [0.15, 0.2) is 0 Å². The van der Waals surface area contributed by atoms with Crippen LogP contribution >= 0.6 is 0 Å². The Hall–Kier alpha value is -1.66. The second-order valence-electron chi connectivity index (χ2n) is 5.61. The van der Waals surface area contributed by atoms with Crippen molar-refractivity contribution < 1.29 is 0 Å². The molecule has 1 heterocycles. The number of benzene rings is 1. The number of hydrogen-bond donors (Lipinski definition) is 0. The predicted molar refractivity (Wildman–Crippen MR) is 79.1 cm³/mol. The Kier molecular flexibility index (Phi) is 3.49. The van der Waals surface area contributed by atoms with Crippen LogP contribution in [0.2, 0.25) is 19.6 Å². The fourth-order valence-electron chi connectivity index (χ4n) is 2.11. The average molecular weight is 254 g/mol. The zero-order valence-corrected chi connectivity index (χ0v) is 12.1. The quantitative estimate of drug-likeness (QED) is 0.617. The van der Waals surface area contributed by atoms with Gasteiger partial charge >= 0.3 is 0 Å². The highest BCUT2D eigenvalue weighted by atomic mass is 28.3. The zero-order chi connectivity index (χ0) is 13.2. The Morgan fingerprint density at radius 2 is 1.89 bits per heavy atom. The maximum absolute atomic E-state index is 5.50. The Morgan fingerprint density at radius 1 is 1.22 bits per heavy atom. The van der Waals surface area contributed by atoms with Gasteiger partial charge in [-0.25, -0.2) is 4.98 Å². The lowest BCUT2D eigenvalue weighted by Crippen LogP contribution is -2.31. The molecule has 1 aromatic carbocycles. The molecule has 92 valence electrons. The molecule has 0 fully saturated rings. The van der Waals surface area contributed by atoms with E-state index in [1.807, 2.05) is 30.5 Å². The van der Waals surface area contributed by atoms with Crippen molar-refractivity contribution in [1.82, 2.24) is 9.97 Å². The molecule has 2 nitrogen and oxygen atoms in total. The van der Waals surface area contributed by atoms with Crippen LogP contribution in [-0.2, 0) is 0 Å². The Labute approximate surface area is 109 Å². The number of hydrogen-bond acceptors (Lipinski definition) is 2. The number of nitrogens with zero attached hydrogens (tertiary/aromatic N) is 2. The van der Waals surface area contributed by atoms with Gasteiger partial charge in [0.25, 0.3) is 0 Å². The molecule has 2 rings (SSSR count). The molecule has 0 saturated carbocycles. The van der Waals surface area contributed by atoms with Crippen molar-refractivity contribution in [3.63, 3.8) is 0 Å². The van der Waals surface area contributed by atoms with Crippen LogP contribution in [0.15, 0.2) is 30.5 Å². The summed E-state index contributed by atoms with van der Waals surface area (Å²) in [5.41, 5.74) is 3.32. The highest BCUT2D eigenvalue weighted by molar-refractivity contribution is 6.77. The minimum absolute atomic E-state index is 0.375. The molecule has 1 aromatic heterocycles. The summed E-state index contributed by atoms with van der Waals surface area (Å²) in [7, 11) is -1.38. The number of aromatic nitrogens is 2. The van der Waals surface area contributed by atoms with E-state index in [9.17, 15) is 0 Å². The molecule has 1 unspecified atom stereocenters. The summed E-state index contributed by atoms with van der Waals surface area (Å²) in [4.78, 5) is 9.23. The van der Waals surface area contributed by atoms with Gasteiger partial charge in [0.1, 0.15) is 0 Å². The number of para-hydroxylation sites is 2. The van der Waals surface area contributed by atoms with Gasteiger partial charge in [-0.15, -0.1) is 12.3 Å². The van der Waals surface area contributed by atoms with Crippen LogP contribution in [-0.4, -0.2) is 18.0 Å². The molecule has 0 bridgehead atoms. The van der Waals surface area contributed by atoms with Crippen molar-refractivity contribution in [1.29, 1.82) is 0 Å². The second-order valence-corrected chi connectivity index (χ2v) is 11.0. The number of fused-ring (bicyclic) bond motifs is 1. The monoisotopic (exact) mass is 254 g/mol. The molecule has 0 aliphatic rings. The Morgan fingerprint density at radius 3 is 2.50 bits per heavy atom. The fourth-order valence-corrected chi connectivity index (χ4v) is 3.87. The Bertz CT molecular complexity index is 593. The van der Waals surface area contributed by atoms with E-state index < -0.39 is 8.07 Å². The molecule has 0 spiro atoms. The van der Waals surface area contributed by atoms with Gasteiger partial charge in [-0.2, -0.15) is 0 Å². The van der Waals surface area contributed by atoms with Crippen molar-refractivity contribution in [2.24, 2.45) is 0 Å². The van der Waals surface area contributed by atoms with E-state index in [0.717, 1.165) is 23.1 Å². The highest BCUT2D eigenvalue weighted by Crippen LogP contribution is 2.29. The van der Waals surface area contributed by atoms with Crippen molar-refractivity contribution in [2.45, 2.75) is 31.6 Å². The summed E-state index contributed by atoms with van der Waals surface area (Å²) >= 11 is 0. The van der Waals surface area contributed by atoms with Gasteiger partial charge in [-0.3, -0.25) is 4.98 Å². The van der Waals surface area contributed by atoms with Gasteiger partial charge in [0.05, 0.1) is 24.8 Å². The minimum atomic E-state index is -1.38. The van der Waals surface area contributed by atoms with Crippen molar-refractivity contribution in [3.05, 3.63) is 36.2 Å². The third kappa shape index (κ3) is 2.60. The normalized spacial score (nSPS) is 13.2. The van der Waals surface area contributed by atoms with E-state index in [1.54, 1.807) is 0 Å². The van der Waals surface area contributed by atoms with Crippen molar-refractivity contribution >= 4 is 19.1 Å². The topological polar surface area (TPSA) is 25.8 Å². The third-order valence-electron chi connectivity index (χ3n) is 3.19. The lowest BCUT2D eigenvalue weighted by Gasteiger charge is -2.26. The molecule has 0 saturated heterocycles. The summed E-state index contributed by atoms with van der Waals surface area (Å²) in [5.74, 6) is 2.79. The average Bonchev–Trinajstić information content (AvgIpc) is 2.34. The maximum Gasteiger partial charge on any atom is 0.0890 e. The third-order valence-corrected chi connectivity index (χ3v) is 5.78. The molecule has 18 heavy (non-hydrogen) atoms. The summed E-state index contributed by atoms with van der Waals surface area (Å²) in [6.45, 7) is 6.98. The molecule has 0 amide bonds. The van der Waals surface area contributed by atoms with Crippen LogP contribution < -0.4 is 0 Å². The second kappa shape index (κ2) is 4.91. The van der Waals surface area contributed by atoms with Gasteiger partial charge in [0.2, 0.25) is 0 Å². The molecule has 0 aliphatic carbocycles. The predicted octanol–water partition coefficient (Wildman–Crippen LogP) is 3.61. The van der Waals surface area contributed by atoms with Crippen LogP contribution in [0.4, 0.5) is 0 Å².